The number of fused-ring (bicyclic) bond motifs is 1. The predicted octanol–water partition coefficient (Wildman–Crippen LogP) is 5.27. The highest BCUT2D eigenvalue weighted by molar-refractivity contribution is 7.90. The van der Waals surface area contributed by atoms with Crippen LogP contribution in [0, 0.1) is 5.41 Å². The summed E-state index contributed by atoms with van der Waals surface area (Å²) >= 11 is 7.81. The minimum absolute atomic E-state index is 0.00964. The Morgan fingerprint density at radius 3 is 2.62 bits per heavy atom. The van der Waals surface area contributed by atoms with Gasteiger partial charge in [-0.2, -0.15) is 5.10 Å². The Morgan fingerprint density at radius 1 is 1.27 bits per heavy atom. The van der Waals surface area contributed by atoms with E-state index < -0.39 is 15.1 Å². The van der Waals surface area contributed by atoms with Crippen molar-refractivity contribution in [3.05, 3.63) is 45.7 Å². The standard InChI is InChI=1S/C26H33ClN4O4S2/c1-16(37(5,33)34)19-11-20(31(30-19)15-35-9-8-24(2,3)4)22(32)29-26-12-25(13-26,14-26)23-28-18-7-6-17(27)10-21(18)36-23/h6-7,10-11,16H,8-9,12-15H2,1-5H3,(H,29,32). The minimum Gasteiger partial charge on any atom is -0.359 e. The van der Waals surface area contributed by atoms with Crippen molar-refractivity contribution in [3.63, 3.8) is 0 Å². The van der Waals surface area contributed by atoms with Crippen LogP contribution in [0.1, 0.15) is 79.8 Å². The molecular formula is C26H33ClN4O4S2. The molecule has 1 aromatic carbocycles. The third-order valence-corrected chi connectivity index (χ3v) is 10.5. The van der Waals surface area contributed by atoms with E-state index in [1.54, 1.807) is 24.3 Å². The number of hydrogen-bond donors (Lipinski definition) is 1. The van der Waals surface area contributed by atoms with Crippen LogP contribution in [0.5, 0.6) is 0 Å². The van der Waals surface area contributed by atoms with Gasteiger partial charge in [0.2, 0.25) is 0 Å². The van der Waals surface area contributed by atoms with Crippen molar-refractivity contribution in [2.75, 3.05) is 12.9 Å². The van der Waals surface area contributed by atoms with E-state index in [0.29, 0.717) is 23.0 Å². The molecule has 37 heavy (non-hydrogen) atoms. The molecular weight excluding hydrogens is 532 g/mol. The number of thiazole rings is 1. The molecule has 0 aliphatic heterocycles. The largest absolute Gasteiger partial charge is 0.359 e. The lowest BCUT2D eigenvalue weighted by atomic mass is 9.39. The summed E-state index contributed by atoms with van der Waals surface area (Å²) in [7, 11) is -3.37. The van der Waals surface area contributed by atoms with Crippen molar-refractivity contribution < 1.29 is 17.9 Å². The van der Waals surface area contributed by atoms with Gasteiger partial charge in [0.25, 0.3) is 5.91 Å². The average Bonchev–Trinajstić information content (AvgIpc) is 3.34. The molecule has 0 spiro atoms. The van der Waals surface area contributed by atoms with Gasteiger partial charge in [-0.3, -0.25) is 4.79 Å². The molecule has 3 aromatic rings. The molecule has 1 N–H and O–H groups in total. The maximum Gasteiger partial charge on any atom is 0.270 e. The number of carbonyl (C=O) groups is 1. The van der Waals surface area contributed by atoms with Crippen LogP contribution in [0.2, 0.25) is 5.02 Å². The van der Waals surface area contributed by atoms with Crippen LogP contribution < -0.4 is 5.32 Å². The van der Waals surface area contributed by atoms with E-state index in [4.69, 9.17) is 21.3 Å². The van der Waals surface area contributed by atoms with E-state index in [0.717, 1.165) is 40.9 Å². The lowest BCUT2D eigenvalue weighted by Gasteiger charge is -2.69. The minimum atomic E-state index is -3.37. The Labute approximate surface area is 226 Å². The number of aromatic nitrogens is 3. The topological polar surface area (TPSA) is 103 Å². The summed E-state index contributed by atoms with van der Waals surface area (Å²) in [5.74, 6) is -0.261. The fourth-order valence-electron chi connectivity index (χ4n) is 5.24. The summed E-state index contributed by atoms with van der Waals surface area (Å²) in [5.41, 5.74) is 1.47. The molecule has 6 rings (SSSR count). The maximum absolute atomic E-state index is 13.4. The van der Waals surface area contributed by atoms with Crippen LogP contribution >= 0.6 is 22.9 Å². The van der Waals surface area contributed by atoms with Gasteiger partial charge in [-0.05, 0) is 62.3 Å². The number of carbonyl (C=O) groups excluding carboxylic acids is 1. The smallest absolute Gasteiger partial charge is 0.270 e. The Hall–Kier alpha value is -2.01. The van der Waals surface area contributed by atoms with Crippen molar-refractivity contribution >= 4 is 48.9 Å². The lowest BCUT2D eigenvalue weighted by Crippen LogP contribution is -2.76. The van der Waals surface area contributed by atoms with E-state index in [1.165, 1.54) is 10.9 Å². The van der Waals surface area contributed by atoms with Gasteiger partial charge in [0.1, 0.15) is 22.7 Å². The molecule has 1 unspecified atom stereocenters. The molecule has 1 atom stereocenters. The highest BCUT2D eigenvalue weighted by Gasteiger charge is 2.70. The van der Waals surface area contributed by atoms with Gasteiger partial charge in [-0.1, -0.05) is 32.4 Å². The molecule has 2 bridgehead atoms. The van der Waals surface area contributed by atoms with E-state index >= 15 is 0 Å². The number of benzene rings is 1. The molecule has 2 aromatic heterocycles. The third-order valence-electron chi connectivity index (χ3n) is 7.51. The van der Waals surface area contributed by atoms with E-state index in [2.05, 4.69) is 31.2 Å². The van der Waals surface area contributed by atoms with E-state index in [1.807, 2.05) is 18.2 Å². The zero-order chi connectivity index (χ0) is 26.8. The van der Waals surface area contributed by atoms with Crippen molar-refractivity contribution in [1.29, 1.82) is 0 Å². The number of sulfone groups is 1. The van der Waals surface area contributed by atoms with Crippen LogP contribution in [0.25, 0.3) is 10.2 Å². The average molecular weight is 565 g/mol. The number of ether oxygens (including phenoxy) is 1. The quantitative estimate of drug-likeness (QED) is 0.355. The van der Waals surface area contributed by atoms with Crippen molar-refractivity contribution in [1.82, 2.24) is 20.1 Å². The van der Waals surface area contributed by atoms with Gasteiger partial charge in [0.15, 0.2) is 9.84 Å². The van der Waals surface area contributed by atoms with E-state index in [-0.39, 0.29) is 29.0 Å². The fourth-order valence-corrected chi connectivity index (χ4v) is 7.22. The van der Waals surface area contributed by atoms with Gasteiger partial charge in [-0.15, -0.1) is 11.3 Å². The third kappa shape index (κ3) is 5.17. The second-order valence-corrected chi connectivity index (χ2v) is 15.8. The molecule has 3 saturated carbocycles. The number of halogens is 1. The van der Waals surface area contributed by atoms with Crippen LogP contribution in [0.3, 0.4) is 0 Å². The Balaban J connectivity index is 1.29. The summed E-state index contributed by atoms with van der Waals surface area (Å²) in [4.78, 5) is 18.2. The maximum atomic E-state index is 13.4. The molecule has 0 saturated heterocycles. The molecule has 11 heteroatoms. The predicted molar refractivity (Wildman–Crippen MR) is 146 cm³/mol. The molecule has 3 fully saturated rings. The monoisotopic (exact) mass is 564 g/mol. The first-order valence-electron chi connectivity index (χ1n) is 12.4. The van der Waals surface area contributed by atoms with Crippen LogP contribution in [0.4, 0.5) is 0 Å². The van der Waals surface area contributed by atoms with Gasteiger partial charge in [-0.25, -0.2) is 18.1 Å². The number of hydrogen-bond acceptors (Lipinski definition) is 7. The first-order chi connectivity index (χ1) is 17.2. The highest BCUT2D eigenvalue weighted by atomic mass is 35.5. The number of nitrogens with zero attached hydrogens (tertiary/aromatic N) is 3. The summed E-state index contributed by atoms with van der Waals surface area (Å²) in [5, 5.41) is 8.64. The normalized spacial score (nSPS) is 23.9. The summed E-state index contributed by atoms with van der Waals surface area (Å²) in [6.07, 6.45) is 4.53. The summed E-state index contributed by atoms with van der Waals surface area (Å²) in [6.45, 7) is 8.58. The highest BCUT2D eigenvalue weighted by Crippen LogP contribution is 2.68. The molecule has 1 amide bonds. The first kappa shape index (κ1) is 26.6. The van der Waals surface area contributed by atoms with Crippen LogP contribution in [-0.2, 0) is 26.7 Å². The van der Waals surface area contributed by atoms with E-state index in [9.17, 15) is 13.2 Å². The summed E-state index contributed by atoms with van der Waals surface area (Å²) < 4.78 is 32.7. The Bertz CT molecular complexity index is 1450. The number of rotatable bonds is 9. The lowest BCUT2D eigenvalue weighted by molar-refractivity contribution is -0.0810. The number of nitrogens with one attached hydrogen (secondary N) is 1. The van der Waals surface area contributed by atoms with Crippen molar-refractivity contribution in [3.8, 4) is 0 Å². The first-order valence-corrected chi connectivity index (χ1v) is 15.6. The molecule has 200 valence electrons. The SMILES string of the molecule is CC(c1cc(C(=O)NC23CC(c4nc5ccc(Cl)cc5s4)(C2)C3)n(COCCC(C)(C)C)n1)S(C)(=O)=O. The second-order valence-electron chi connectivity index (χ2n) is 11.9. The molecule has 3 aliphatic carbocycles. The van der Waals surface area contributed by atoms with Crippen molar-refractivity contribution in [2.24, 2.45) is 5.41 Å². The van der Waals surface area contributed by atoms with Gasteiger partial charge < -0.3 is 10.1 Å². The van der Waals surface area contributed by atoms with Crippen molar-refractivity contribution in [2.45, 2.75) is 76.3 Å². The molecule has 3 aliphatic rings. The Morgan fingerprint density at radius 2 is 1.97 bits per heavy atom. The summed E-state index contributed by atoms with van der Waals surface area (Å²) in [6, 6.07) is 7.32. The van der Waals surface area contributed by atoms with Crippen LogP contribution in [0.15, 0.2) is 24.3 Å². The zero-order valence-corrected chi connectivity index (χ0v) is 24.2. The molecule has 8 nitrogen and oxygen atoms in total. The molecule has 2 heterocycles. The van der Waals surface area contributed by atoms with Gasteiger partial charge >= 0.3 is 0 Å². The molecule has 0 radical (unpaired) electrons. The van der Waals surface area contributed by atoms with Crippen LogP contribution in [-0.4, -0.2) is 47.5 Å². The number of amides is 1. The van der Waals surface area contributed by atoms with Gasteiger partial charge in [0, 0.05) is 28.8 Å². The van der Waals surface area contributed by atoms with Gasteiger partial charge in [0.05, 0.1) is 15.9 Å². The second kappa shape index (κ2) is 9.03. The zero-order valence-electron chi connectivity index (χ0n) is 21.8. The Kier molecular flexibility index (Phi) is 6.49. The fraction of sp³-hybridized carbons (Fsp3) is 0.577.